The molecule has 0 radical (unpaired) electrons. The second kappa shape index (κ2) is 10.0. The van der Waals surface area contributed by atoms with Gasteiger partial charge in [-0.1, -0.05) is 24.3 Å². The number of rotatable bonds is 6. The van der Waals surface area contributed by atoms with Gasteiger partial charge < -0.3 is 10.1 Å². The van der Waals surface area contributed by atoms with Gasteiger partial charge in [-0.2, -0.15) is 5.10 Å². The van der Waals surface area contributed by atoms with E-state index in [1.165, 1.54) is 12.1 Å². The van der Waals surface area contributed by atoms with Crippen LogP contribution >= 0.6 is 0 Å². The van der Waals surface area contributed by atoms with Gasteiger partial charge in [-0.3, -0.25) is 4.79 Å². The predicted octanol–water partition coefficient (Wildman–Crippen LogP) is 5.96. The Morgan fingerprint density at radius 3 is 2.57 bits per heavy atom. The molecule has 2 heterocycles. The average Bonchev–Trinajstić information content (AvgIpc) is 3.30. The highest BCUT2D eigenvalue weighted by atomic mass is 19.1. The molecular formula is C29H23FN4O3. The van der Waals surface area contributed by atoms with Crippen LogP contribution in [0.5, 0.6) is 0 Å². The van der Waals surface area contributed by atoms with Gasteiger partial charge in [0.15, 0.2) is 0 Å². The van der Waals surface area contributed by atoms with Crippen LogP contribution in [0.2, 0.25) is 0 Å². The normalized spacial score (nSPS) is 10.9. The summed E-state index contributed by atoms with van der Waals surface area (Å²) in [5.41, 5.74) is 4.73. The molecule has 0 aliphatic rings. The average molecular weight is 495 g/mol. The maximum atomic E-state index is 13.5. The van der Waals surface area contributed by atoms with Crippen molar-refractivity contribution in [3.63, 3.8) is 0 Å². The summed E-state index contributed by atoms with van der Waals surface area (Å²) in [4.78, 5) is 30.3. The maximum Gasteiger partial charge on any atom is 0.338 e. The number of anilines is 1. The van der Waals surface area contributed by atoms with E-state index in [4.69, 9.17) is 9.72 Å². The van der Waals surface area contributed by atoms with E-state index >= 15 is 0 Å². The van der Waals surface area contributed by atoms with Gasteiger partial charge in [0.25, 0.3) is 5.91 Å². The van der Waals surface area contributed by atoms with Crippen LogP contribution in [0.3, 0.4) is 0 Å². The van der Waals surface area contributed by atoms with E-state index in [2.05, 4.69) is 10.4 Å². The van der Waals surface area contributed by atoms with Gasteiger partial charge >= 0.3 is 5.97 Å². The smallest absolute Gasteiger partial charge is 0.338 e. The first-order chi connectivity index (χ1) is 17.9. The molecule has 37 heavy (non-hydrogen) atoms. The largest absolute Gasteiger partial charge is 0.462 e. The lowest BCUT2D eigenvalue weighted by Gasteiger charge is -2.11. The van der Waals surface area contributed by atoms with Crippen molar-refractivity contribution in [2.24, 2.45) is 0 Å². The fraction of sp³-hybridized carbons (Fsp3) is 0.103. The Morgan fingerprint density at radius 1 is 1.00 bits per heavy atom. The van der Waals surface area contributed by atoms with Crippen molar-refractivity contribution in [3.8, 4) is 16.9 Å². The van der Waals surface area contributed by atoms with Crippen LogP contribution < -0.4 is 5.32 Å². The number of nitrogens with one attached hydrogen (secondary N) is 1. The first-order valence-corrected chi connectivity index (χ1v) is 11.7. The van der Waals surface area contributed by atoms with Gasteiger partial charge in [0.05, 0.1) is 46.5 Å². The Bertz CT molecular complexity index is 1630. The molecule has 3 aromatic carbocycles. The van der Waals surface area contributed by atoms with E-state index in [1.54, 1.807) is 60.3 Å². The molecule has 0 fully saturated rings. The standard InChI is InChI=1S/C29H23FN4O3/c1-3-37-29(36)19-7-6-8-21(15-19)32-28(35)24-16-27(33-26-10-5-4-9-23(24)26)25-17-31-34(18(25)2)22-13-11-20(30)12-14-22/h4-17H,3H2,1-2H3,(H,32,35). The molecule has 0 unspecified atom stereocenters. The molecule has 0 aliphatic heterocycles. The summed E-state index contributed by atoms with van der Waals surface area (Å²) in [6.45, 7) is 3.89. The third-order valence-electron chi connectivity index (χ3n) is 5.95. The molecule has 1 N–H and O–H groups in total. The lowest BCUT2D eigenvalue weighted by atomic mass is 10.0. The van der Waals surface area contributed by atoms with Crippen LogP contribution in [0, 0.1) is 12.7 Å². The number of ether oxygens (including phenoxy) is 1. The molecule has 8 heteroatoms. The fourth-order valence-corrected chi connectivity index (χ4v) is 4.14. The topological polar surface area (TPSA) is 86.1 Å². The summed E-state index contributed by atoms with van der Waals surface area (Å²) in [5, 5.41) is 8.04. The first-order valence-electron chi connectivity index (χ1n) is 11.7. The summed E-state index contributed by atoms with van der Waals surface area (Å²) in [7, 11) is 0. The molecular weight excluding hydrogens is 471 g/mol. The lowest BCUT2D eigenvalue weighted by Crippen LogP contribution is -2.14. The molecule has 0 saturated heterocycles. The number of aromatic nitrogens is 3. The van der Waals surface area contributed by atoms with Gasteiger partial charge in [0, 0.05) is 16.6 Å². The Labute approximate surface area is 212 Å². The number of amides is 1. The quantitative estimate of drug-likeness (QED) is 0.294. The zero-order valence-corrected chi connectivity index (χ0v) is 20.2. The van der Waals surface area contributed by atoms with Crippen molar-refractivity contribution in [1.82, 2.24) is 14.8 Å². The monoisotopic (exact) mass is 494 g/mol. The summed E-state index contributed by atoms with van der Waals surface area (Å²) in [5.74, 6) is -1.12. The Morgan fingerprint density at radius 2 is 1.78 bits per heavy atom. The van der Waals surface area contributed by atoms with Crippen molar-refractivity contribution in [2.45, 2.75) is 13.8 Å². The number of hydrogen-bond acceptors (Lipinski definition) is 5. The van der Waals surface area contributed by atoms with Gasteiger partial charge in [0.1, 0.15) is 5.82 Å². The highest BCUT2D eigenvalue weighted by Gasteiger charge is 2.18. The van der Waals surface area contributed by atoms with Crippen LogP contribution in [-0.4, -0.2) is 33.2 Å². The summed E-state index contributed by atoms with van der Waals surface area (Å²) < 4.78 is 20.2. The van der Waals surface area contributed by atoms with E-state index in [0.29, 0.717) is 39.1 Å². The molecule has 184 valence electrons. The number of benzene rings is 3. The molecule has 0 bridgehead atoms. The van der Waals surface area contributed by atoms with E-state index in [0.717, 1.165) is 11.3 Å². The molecule has 0 atom stereocenters. The number of fused-ring (bicyclic) bond motifs is 1. The second-order valence-corrected chi connectivity index (χ2v) is 8.36. The minimum absolute atomic E-state index is 0.262. The highest BCUT2D eigenvalue weighted by molar-refractivity contribution is 6.13. The minimum atomic E-state index is -0.455. The SMILES string of the molecule is CCOC(=O)c1cccc(NC(=O)c2cc(-c3cnn(-c4ccc(F)cc4)c3C)nc3ccccc23)c1. The van der Waals surface area contributed by atoms with Gasteiger partial charge in [-0.15, -0.1) is 0 Å². The van der Waals surface area contributed by atoms with Crippen LogP contribution in [0.4, 0.5) is 10.1 Å². The van der Waals surface area contributed by atoms with Gasteiger partial charge in [-0.05, 0) is 68.4 Å². The lowest BCUT2D eigenvalue weighted by molar-refractivity contribution is 0.0526. The minimum Gasteiger partial charge on any atom is -0.462 e. The molecule has 0 aliphatic carbocycles. The van der Waals surface area contributed by atoms with Gasteiger partial charge in [0.2, 0.25) is 0 Å². The maximum absolute atomic E-state index is 13.5. The zero-order valence-electron chi connectivity index (χ0n) is 20.2. The number of pyridine rings is 1. The third-order valence-corrected chi connectivity index (χ3v) is 5.95. The molecule has 0 saturated carbocycles. The molecule has 1 amide bonds. The van der Waals surface area contributed by atoms with Crippen molar-refractivity contribution in [3.05, 3.63) is 108 Å². The summed E-state index contributed by atoms with van der Waals surface area (Å²) in [6.07, 6.45) is 1.68. The molecule has 5 aromatic rings. The molecule has 7 nitrogen and oxygen atoms in total. The number of esters is 1. The van der Waals surface area contributed by atoms with E-state index in [1.807, 2.05) is 31.2 Å². The van der Waals surface area contributed by atoms with Crippen molar-refractivity contribution in [2.75, 3.05) is 11.9 Å². The predicted molar refractivity (Wildman–Crippen MR) is 139 cm³/mol. The second-order valence-electron chi connectivity index (χ2n) is 8.36. The number of halogens is 1. The van der Waals surface area contributed by atoms with E-state index < -0.39 is 5.97 Å². The molecule has 2 aromatic heterocycles. The van der Waals surface area contributed by atoms with Crippen LogP contribution in [0.15, 0.2) is 85.1 Å². The van der Waals surface area contributed by atoms with E-state index in [9.17, 15) is 14.0 Å². The van der Waals surface area contributed by atoms with Gasteiger partial charge in [-0.25, -0.2) is 18.9 Å². The van der Waals surface area contributed by atoms with E-state index in [-0.39, 0.29) is 18.3 Å². The number of carbonyl (C=O) groups is 2. The van der Waals surface area contributed by atoms with Crippen molar-refractivity contribution < 1.29 is 18.7 Å². The number of carbonyl (C=O) groups excluding carboxylic acids is 2. The number of para-hydroxylation sites is 1. The van der Waals surface area contributed by atoms with Crippen molar-refractivity contribution >= 4 is 28.5 Å². The molecule has 0 spiro atoms. The van der Waals surface area contributed by atoms with Crippen LogP contribution in [0.1, 0.15) is 33.3 Å². The molecule has 5 rings (SSSR count). The Balaban J connectivity index is 1.53. The summed E-state index contributed by atoms with van der Waals surface area (Å²) in [6, 6.07) is 21.8. The Hall–Kier alpha value is -4.85. The first kappa shape index (κ1) is 23.9. The number of nitrogens with zero attached hydrogens (tertiary/aromatic N) is 3. The number of hydrogen-bond donors (Lipinski definition) is 1. The van der Waals surface area contributed by atoms with Crippen molar-refractivity contribution in [1.29, 1.82) is 0 Å². The summed E-state index contributed by atoms with van der Waals surface area (Å²) >= 11 is 0. The third kappa shape index (κ3) is 4.81. The highest BCUT2D eigenvalue weighted by Crippen LogP contribution is 2.29. The fourth-order valence-electron chi connectivity index (χ4n) is 4.14. The van der Waals surface area contributed by atoms with Crippen LogP contribution in [0.25, 0.3) is 27.8 Å². The Kier molecular flexibility index (Phi) is 6.47. The van der Waals surface area contributed by atoms with Crippen LogP contribution in [-0.2, 0) is 4.74 Å². The zero-order chi connectivity index (χ0) is 25.9.